The lowest BCUT2D eigenvalue weighted by Crippen LogP contribution is -2.44. The van der Waals surface area contributed by atoms with E-state index in [1.54, 1.807) is 6.92 Å². The standard InChI is InChI=1S/C18H22N2O3/c1-3-22-17(21)14(12-19)15-9-10-18(2)11-16(23-20(15)18)13-7-5-4-6-8-13/h4-8,14-16H,3,9-11H2,1-2H3. The summed E-state index contributed by atoms with van der Waals surface area (Å²) in [5.41, 5.74) is 0.999. The summed E-state index contributed by atoms with van der Waals surface area (Å²) in [6.45, 7) is 4.19. The lowest BCUT2D eigenvalue weighted by molar-refractivity contribution is -0.202. The predicted molar refractivity (Wildman–Crippen MR) is 83.9 cm³/mol. The van der Waals surface area contributed by atoms with E-state index >= 15 is 0 Å². The van der Waals surface area contributed by atoms with Gasteiger partial charge in [0.05, 0.1) is 18.7 Å². The molecule has 0 saturated carbocycles. The van der Waals surface area contributed by atoms with Gasteiger partial charge in [-0.3, -0.25) is 9.63 Å². The van der Waals surface area contributed by atoms with Crippen LogP contribution in [0.15, 0.2) is 30.3 Å². The van der Waals surface area contributed by atoms with Crippen LogP contribution in [-0.4, -0.2) is 29.2 Å². The molecule has 23 heavy (non-hydrogen) atoms. The van der Waals surface area contributed by atoms with Gasteiger partial charge in [-0.15, -0.1) is 0 Å². The molecule has 3 rings (SSSR count). The highest BCUT2D eigenvalue weighted by Crippen LogP contribution is 2.50. The minimum atomic E-state index is -0.800. The van der Waals surface area contributed by atoms with Crippen molar-refractivity contribution in [2.24, 2.45) is 5.92 Å². The van der Waals surface area contributed by atoms with Gasteiger partial charge < -0.3 is 4.74 Å². The van der Waals surface area contributed by atoms with Gasteiger partial charge in [-0.1, -0.05) is 30.3 Å². The van der Waals surface area contributed by atoms with Crippen LogP contribution in [0.5, 0.6) is 0 Å². The van der Waals surface area contributed by atoms with E-state index in [1.165, 1.54) is 0 Å². The maximum atomic E-state index is 12.1. The van der Waals surface area contributed by atoms with Crippen LogP contribution in [0.3, 0.4) is 0 Å². The normalized spacial score (nSPS) is 31.3. The molecule has 0 bridgehead atoms. The number of fused-ring (bicyclic) bond motifs is 1. The second-order valence-electron chi connectivity index (χ2n) is 6.50. The topological polar surface area (TPSA) is 62.6 Å². The molecule has 0 N–H and O–H groups in total. The van der Waals surface area contributed by atoms with Crippen molar-refractivity contribution >= 4 is 5.97 Å². The molecule has 2 heterocycles. The third-order valence-electron chi connectivity index (χ3n) is 4.91. The Morgan fingerprint density at radius 2 is 2.26 bits per heavy atom. The van der Waals surface area contributed by atoms with Gasteiger partial charge in [0.15, 0.2) is 5.92 Å². The number of hydroxylamine groups is 2. The van der Waals surface area contributed by atoms with Crippen molar-refractivity contribution in [3.8, 4) is 6.07 Å². The zero-order chi connectivity index (χ0) is 16.4. The third kappa shape index (κ3) is 2.85. The van der Waals surface area contributed by atoms with Gasteiger partial charge in [-0.2, -0.15) is 10.3 Å². The Labute approximate surface area is 136 Å². The van der Waals surface area contributed by atoms with Crippen molar-refractivity contribution in [3.05, 3.63) is 35.9 Å². The molecule has 122 valence electrons. The molecule has 0 aliphatic carbocycles. The first-order chi connectivity index (χ1) is 11.1. The third-order valence-corrected chi connectivity index (χ3v) is 4.91. The van der Waals surface area contributed by atoms with Crippen LogP contribution in [0, 0.1) is 17.2 Å². The number of benzene rings is 1. The van der Waals surface area contributed by atoms with Crippen LogP contribution in [0.1, 0.15) is 44.8 Å². The molecule has 0 spiro atoms. The van der Waals surface area contributed by atoms with Gasteiger partial charge in [0.25, 0.3) is 0 Å². The lowest BCUT2D eigenvalue weighted by Gasteiger charge is -2.30. The molecule has 2 aliphatic heterocycles. The maximum Gasteiger partial charge on any atom is 0.325 e. The fraction of sp³-hybridized carbons (Fsp3) is 0.556. The van der Waals surface area contributed by atoms with Crippen molar-refractivity contribution in [2.45, 2.75) is 50.8 Å². The first-order valence-corrected chi connectivity index (χ1v) is 8.16. The molecule has 1 aromatic rings. The van der Waals surface area contributed by atoms with Crippen LogP contribution in [0.25, 0.3) is 0 Å². The van der Waals surface area contributed by atoms with Crippen LogP contribution >= 0.6 is 0 Å². The first kappa shape index (κ1) is 16.0. The lowest BCUT2D eigenvalue weighted by atomic mass is 9.91. The first-order valence-electron chi connectivity index (χ1n) is 8.16. The summed E-state index contributed by atoms with van der Waals surface area (Å²) in [5.74, 6) is -1.25. The van der Waals surface area contributed by atoms with E-state index in [-0.39, 0.29) is 24.3 Å². The predicted octanol–water partition coefficient (Wildman–Crippen LogP) is 2.99. The quantitative estimate of drug-likeness (QED) is 0.800. The van der Waals surface area contributed by atoms with E-state index in [0.29, 0.717) is 0 Å². The Morgan fingerprint density at radius 3 is 2.91 bits per heavy atom. The molecule has 2 saturated heterocycles. The second-order valence-corrected chi connectivity index (χ2v) is 6.50. The molecule has 4 unspecified atom stereocenters. The van der Waals surface area contributed by atoms with Gasteiger partial charge in [-0.05, 0) is 32.3 Å². The SMILES string of the molecule is CCOC(=O)C(C#N)C1CCC2(C)CC(c3ccccc3)ON12. The molecule has 1 aromatic carbocycles. The number of nitrogens with zero attached hydrogens (tertiary/aromatic N) is 2. The number of nitriles is 1. The van der Waals surface area contributed by atoms with E-state index in [4.69, 9.17) is 9.57 Å². The zero-order valence-electron chi connectivity index (χ0n) is 13.6. The highest BCUT2D eigenvalue weighted by molar-refractivity contribution is 5.76. The summed E-state index contributed by atoms with van der Waals surface area (Å²) < 4.78 is 5.06. The van der Waals surface area contributed by atoms with E-state index in [9.17, 15) is 10.1 Å². The smallest absolute Gasteiger partial charge is 0.325 e. The fourth-order valence-corrected chi connectivity index (χ4v) is 3.73. The van der Waals surface area contributed by atoms with E-state index in [1.807, 2.05) is 23.3 Å². The maximum absolute atomic E-state index is 12.1. The summed E-state index contributed by atoms with van der Waals surface area (Å²) in [5, 5.41) is 11.3. The average molecular weight is 314 g/mol. The highest BCUT2D eigenvalue weighted by atomic mass is 16.7. The molecule has 5 nitrogen and oxygen atoms in total. The van der Waals surface area contributed by atoms with Gasteiger partial charge in [0.1, 0.15) is 6.10 Å². The molecule has 0 radical (unpaired) electrons. The molecule has 0 aromatic heterocycles. The highest BCUT2D eigenvalue weighted by Gasteiger charge is 2.55. The fourth-order valence-electron chi connectivity index (χ4n) is 3.73. The van der Waals surface area contributed by atoms with Gasteiger partial charge in [0.2, 0.25) is 0 Å². The van der Waals surface area contributed by atoms with Gasteiger partial charge >= 0.3 is 5.97 Å². The largest absolute Gasteiger partial charge is 0.465 e. The monoisotopic (exact) mass is 314 g/mol. The van der Waals surface area contributed by atoms with Crippen molar-refractivity contribution < 1.29 is 14.4 Å². The van der Waals surface area contributed by atoms with Gasteiger partial charge in [0, 0.05) is 12.0 Å². The van der Waals surface area contributed by atoms with E-state index in [2.05, 4.69) is 25.1 Å². The van der Waals surface area contributed by atoms with E-state index < -0.39 is 11.9 Å². The number of rotatable bonds is 4. The van der Waals surface area contributed by atoms with Crippen LogP contribution in [0.2, 0.25) is 0 Å². The molecule has 2 fully saturated rings. The molecule has 2 aliphatic rings. The summed E-state index contributed by atoms with van der Waals surface area (Å²) in [6.07, 6.45) is 2.54. The Bertz CT molecular complexity index is 612. The molecule has 0 amide bonds. The molecular formula is C18H22N2O3. The van der Waals surface area contributed by atoms with Crippen molar-refractivity contribution in [1.82, 2.24) is 5.06 Å². The van der Waals surface area contributed by atoms with Crippen molar-refractivity contribution in [3.63, 3.8) is 0 Å². The van der Waals surface area contributed by atoms with Crippen LogP contribution < -0.4 is 0 Å². The minimum Gasteiger partial charge on any atom is -0.465 e. The Morgan fingerprint density at radius 1 is 1.52 bits per heavy atom. The van der Waals surface area contributed by atoms with Gasteiger partial charge in [-0.25, -0.2) is 0 Å². The zero-order valence-corrected chi connectivity index (χ0v) is 13.6. The molecular weight excluding hydrogens is 292 g/mol. The number of hydrogen-bond donors (Lipinski definition) is 0. The minimum absolute atomic E-state index is 0.0226. The number of carbonyl (C=O) groups is 1. The number of carbonyl (C=O) groups excluding carboxylic acids is 1. The van der Waals surface area contributed by atoms with Crippen molar-refractivity contribution in [2.75, 3.05) is 6.61 Å². The Balaban J connectivity index is 1.79. The summed E-state index contributed by atoms with van der Waals surface area (Å²) >= 11 is 0. The summed E-state index contributed by atoms with van der Waals surface area (Å²) in [6, 6.07) is 12.0. The Kier molecular flexibility index (Phi) is 4.38. The average Bonchev–Trinajstić information content (AvgIpc) is 3.04. The molecule has 4 atom stereocenters. The number of ether oxygens (including phenoxy) is 1. The Hall–Kier alpha value is -1.90. The number of hydrogen-bond acceptors (Lipinski definition) is 5. The van der Waals surface area contributed by atoms with Crippen LogP contribution in [0.4, 0.5) is 0 Å². The van der Waals surface area contributed by atoms with Crippen molar-refractivity contribution in [1.29, 1.82) is 5.26 Å². The number of esters is 1. The summed E-state index contributed by atoms with van der Waals surface area (Å²) in [7, 11) is 0. The molecule has 5 heteroatoms. The summed E-state index contributed by atoms with van der Waals surface area (Å²) in [4.78, 5) is 18.3. The van der Waals surface area contributed by atoms with E-state index in [0.717, 1.165) is 24.8 Å². The second kappa shape index (κ2) is 6.31. The van der Waals surface area contributed by atoms with Crippen LogP contribution in [-0.2, 0) is 14.4 Å².